The first kappa shape index (κ1) is 16.6. The summed E-state index contributed by atoms with van der Waals surface area (Å²) in [5, 5.41) is 7.95. The van der Waals surface area contributed by atoms with Gasteiger partial charge in [0.25, 0.3) is 0 Å². The molecule has 0 unspecified atom stereocenters. The number of hydrogen-bond donors (Lipinski definition) is 1. The molecule has 1 spiro atoms. The van der Waals surface area contributed by atoms with Crippen molar-refractivity contribution < 1.29 is 4.74 Å². The van der Waals surface area contributed by atoms with E-state index < -0.39 is 0 Å². The molecule has 2 saturated heterocycles. The number of benzene rings is 1. The third-order valence-electron chi connectivity index (χ3n) is 5.38. The molecule has 4 rings (SSSR count). The smallest absolute Gasteiger partial charge is 0.0830 e. The summed E-state index contributed by atoms with van der Waals surface area (Å²) in [6.45, 7) is 6.07. The van der Waals surface area contributed by atoms with Gasteiger partial charge in [0, 0.05) is 37.6 Å². The maximum absolute atomic E-state index is 6.34. The number of likely N-dealkylation sites (tertiary alicyclic amines) is 1. The maximum atomic E-state index is 6.34. The Labute approximate surface area is 150 Å². The van der Waals surface area contributed by atoms with E-state index in [1.54, 1.807) is 0 Å². The average molecular weight is 340 g/mol. The SMILES string of the molecule is Cc1cccc(N[C@H]2CO[C@@]3(CCCN(Cc4cnn(C)c4)C3)C2)c1. The zero-order valence-electron chi connectivity index (χ0n) is 15.2. The number of ether oxygens (including phenoxy) is 1. The third kappa shape index (κ3) is 3.88. The normalized spacial score (nSPS) is 27.0. The molecule has 2 aromatic rings. The summed E-state index contributed by atoms with van der Waals surface area (Å²) in [4.78, 5) is 2.52. The Balaban J connectivity index is 1.37. The van der Waals surface area contributed by atoms with E-state index in [0.29, 0.717) is 6.04 Å². The number of nitrogens with one attached hydrogen (secondary N) is 1. The molecule has 1 N–H and O–H groups in total. The second kappa shape index (κ2) is 6.81. The van der Waals surface area contributed by atoms with E-state index >= 15 is 0 Å². The summed E-state index contributed by atoms with van der Waals surface area (Å²) >= 11 is 0. The Bertz CT molecular complexity index is 728. The number of piperidine rings is 1. The van der Waals surface area contributed by atoms with Crippen LogP contribution in [0.2, 0.25) is 0 Å². The van der Waals surface area contributed by atoms with E-state index in [4.69, 9.17) is 4.74 Å². The molecule has 0 saturated carbocycles. The van der Waals surface area contributed by atoms with Gasteiger partial charge in [0.05, 0.1) is 24.4 Å². The van der Waals surface area contributed by atoms with Gasteiger partial charge in [0.15, 0.2) is 0 Å². The van der Waals surface area contributed by atoms with Gasteiger partial charge in [-0.1, -0.05) is 12.1 Å². The van der Waals surface area contributed by atoms with Crippen molar-refractivity contribution in [1.82, 2.24) is 14.7 Å². The van der Waals surface area contributed by atoms with E-state index in [0.717, 1.165) is 32.7 Å². The monoisotopic (exact) mass is 340 g/mol. The van der Waals surface area contributed by atoms with Crippen LogP contribution in [0.1, 0.15) is 30.4 Å². The molecule has 0 radical (unpaired) electrons. The van der Waals surface area contributed by atoms with Gasteiger partial charge in [0.1, 0.15) is 0 Å². The number of nitrogens with zero attached hydrogens (tertiary/aromatic N) is 3. The fourth-order valence-corrected chi connectivity index (χ4v) is 4.33. The van der Waals surface area contributed by atoms with Crippen molar-refractivity contribution in [3.63, 3.8) is 0 Å². The number of aromatic nitrogens is 2. The summed E-state index contributed by atoms with van der Waals surface area (Å²) in [5.41, 5.74) is 3.79. The van der Waals surface area contributed by atoms with Crippen LogP contribution in [0, 0.1) is 6.92 Å². The molecule has 1 aromatic heterocycles. The molecule has 5 nitrogen and oxygen atoms in total. The van der Waals surface area contributed by atoms with Crippen molar-refractivity contribution in [3.8, 4) is 0 Å². The fraction of sp³-hybridized carbons (Fsp3) is 0.550. The van der Waals surface area contributed by atoms with E-state index in [1.807, 2.05) is 17.9 Å². The quantitative estimate of drug-likeness (QED) is 0.929. The topological polar surface area (TPSA) is 42.3 Å². The molecule has 2 atom stereocenters. The lowest BCUT2D eigenvalue weighted by molar-refractivity contribution is -0.0533. The van der Waals surface area contributed by atoms with E-state index in [-0.39, 0.29) is 5.60 Å². The Morgan fingerprint density at radius 1 is 1.40 bits per heavy atom. The summed E-state index contributed by atoms with van der Waals surface area (Å²) in [6.07, 6.45) is 7.54. The zero-order chi connectivity index (χ0) is 17.3. The van der Waals surface area contributed by atoms with Crippen LogP contribution in [-0.2, 0) is 18.3 Å². The molecule has 5 heteroatoms. The molecular weight excluding hydrogens is 312 g/mol. The lowest BCUT2D eigenvalue weighted by Gasteiger charge is -2.39. The number of hydrogen-bond acceptors (Lipinski definition) is 4. The zero-order valence-corrected chi connectivity index (χ0v) is 15.2. The van der Waals surface area contributed by atoms with E-state index in [2.05, 4.69) is 52.7 Å². The molecule has 1 aromatic carbocycles. The molecule has 0 amide bonds. The molecule has 134 valence electrons. The summed E-state index contributed by atoms with van der Waals surface area (Å²) in [7, 11) is 1.98. The van der Waals surface area contributed by atoms with Crippen molar-refractivity contribution >= 4 is 5.69 Å². The number of aryl methyl sites for hydroxylation is 2. The highest BCUT2D eigenvalue weighted by atomic mass is 16.5. The highest BCUT2D eigenvalue weighted by Crippen LogP contribution is 2.36. The number of anilines is 1. The summed E-state index contributed by atoms with van der Waals surface area (Å²) in [5.74, 6) is 0. The molecule has 0 aliphatic carbocycles. The third-order valence-corrected chi connectivity index (χ3v) is 5.38. The molecule has 2 aliphatic heterocycles. The maximum Gasteiger partial charge on any atom is 0.0830 e. The van der Waals surface area contributed by atoms with E-state index in [1.165, 1.54) is 29.7 Å². The van der Waals surface area contributed by atoms with Crippen molar-refractivity contribution in [1.29, 1.82) is 0 Å². The van der Waals surface area contributed by atoms with Gasteiger partial charge in [0.2, 0.25) is 0 Å². The molecule has 2 fully saturated rings. The lowest BCUT2D eigenvalue weighted by Crippen LogP contribution is -2.47. The van der Waals surface area contributed by atoms with Gasteiger partial charge in [-0.2, -0.15) is 5.10 Å². The largest absolute Gasteiger partial charge is 0.380 e. The second-order valence-electron chi connectivity index (χ2n) is 7.75. The predicted octanol–water partition coefficient (Wildman–Crippen LogP) is 2.96. The molecule has 2 aliphatic rings. The fourth-order valence-electron chi connectivity index (χ4n) is 4.33. The molecular formula is C20H28N4O. The van der Waals surface area contributed by atoms with Gasteiger partial charge >= 0.3 is 0 Å². The first-order valence-electron chi connectivity index (χ1n) is 9.27. The number of rotatable bonds is 4. The van der Waals surface area contributed by atoms with Gasteiger partial charge < -0.3 is 10.1 Å². The van der Waals surface area contributed by atoms with Crippen LogP contribution in [0.5, 0.6) is 0 Å². The van der Waals surface area contributed by atoms with Crippen LogP contribution in [0.3, 0.4) is 0 Å². The van der Waals surface area contributed by atoms with Crippen molar-refractivity contribution in [2.24, 2.45) is 7.05 Å². The van der Waals surface area contributed by atoms with Gasteiger partial charge in [-0.3, -0.25) is 9.58 Å². The van der Waals surface area contributed by atoms with Crippen LogP contribution in [0.4, 0.5) is 5.69 Å². The first-order valence-corrected chi connectivity index (χ1v) is 9.27. The van der Waals surface area contributed by atoms with Crippen molar-refractivity contribution in [2.45, 2.75) is 44.4 Å². The van der Waals surface area contributed by atoms with Crippen molar-refractivity contribution in [2.75, 3.05) is 25.0 Å². The van der Waals surface area contributed by atoms with Crippen LogP contribution in [0.15, 0.2) is 36.7 Å². The standard InChI is InChI=1S/C20H28N4O/c1-16-5-3-6-18(9-16)22-19-10-20(25-14-19)7-4-8-24(15-20)13-17-11-21-23(2)12-17/h3,5-6,9,11-12,19,22H,4,7-8,10,13-15H2,1-2H3/t19-,20+/m1/s1. The summed E-state index contributed by atoms with van der Waals surface area (Å²) < 4.78 is 8.22. The van der Waals surface area contributed by atoms with Gasteiger partial charge in [-0.25, -0.2) is 0 Å². The van der Waals surface area contributed by atoms with Crippen LogP contribution in [0.25, 0.3) is 0 Å². The minimum Gasteiger partial charge on any atom is -0.380 e. The van der Waals surface area contributed by atoms with Crippen molar-refractivity contribution in [3.05, 3.63) is 47.8 Å². The Hall–Kier alpha value is -1.85. The molecule has 3 heterocycles. The summed E-state index contributed by atoms with van der Waals surface area (Å²) in [6, 6.07) is 9.00. The highest BCUT2D eigenvalue weighted by Gasteiger charge is 2.43. The molecule has 0 bridgehead atoms. The van der Waals surface area contributed by atoms with Crippen LogP contribution in [-0.4, -0.2) is 46.0 Å². The average Bonchev–Trinajstić information content (AvgIpc) is 3.14. The second-order valence-corrected chi connectivity index (χ2v) is 7.75. The Morgan fingerprint density at radius 3 is 3.12 bits per heavy atom. The van der Waals surface area contributed by atoms with Gasteiger partial charge in [-0.05, 0) is 50.4 Å². The van der Waals surface area contributed by atoms with Crippen LogP contribution >= 0.6 is 0 Å². The van der Waals surface area contributed by atoms with Gasteiger partial charge in [-0.15, -0.1) is 0 Å². The highest BCUT2D eigenvalue weighted by molar-refractivity contribution is 5.46. The van der Waals surface area contributed by atoms with Crippen LogP contribution < -0.4 is 5.32 Å². The lowest BCUT2D eigenvalue weighted by atomic mass is 9.88. The molecule has 25 heavy (non-hydrogen) atoms. The Kier molecular flexibility index (Phi) is 4.52. The predicted molar refractivity (Wildman–Crippen MR) is 99.6 cm³/mol. The minimum atomic E-state index is 0.0158. The minimum absolute atomic E-state index is 0.0158. The first-order chi connectivity index (χ1) is 12.1. The van der Waals surface area contributed by atoms with E-state index in [9.17, 15) is 0 Å². The Morgan fingerprint density at radius 2 is 2.32 bits per heavy atom.